The van der Waals surface area contributed by atoms with Crippen LogP contribution in [0, 0.1) is 5.92 Å². The molecule has 3 unspecified atom stereocenters. The van der Waals surface area contributed by atoms with Crippen LogP contribution in [0.4, 0.5) is 10.5 Å². The number of carbonyl (C=O) groups excluding carboxylic acids is 1. The van der Waals surface area contributed by atoms with Crippen molar-refractivity contribution in [2.45, 2.75) is 44.4 Å². The minimum Gasteiger partial charge on any atom is -0.376 e. The average molecular weight is 289 g/mol. The van der Waals surface area contributed by atoms with Crippen molar-refractivity contribution in [3.8, 4) is 0 Å². The molecule has 0 radical (unpaired) electrons. The molecule has 21 heavy (non-hydrogen) atoms. The topological polar surface area (TPSA) is 76.4 Å². The third-order valence-electron chi connectivity index (χ3n) is 4.23. The number of nitrogens with two attached hydrogens (primary N) is 1. The second-order valence-corrected chi connectivity index (χ2v) is 6.08. The maximum Gasteiger partial charge on any atom is 0.319 e. The number of benzene rings is 1. The van der Waals surface area contributed by atoms with Gasteiger partial charge in [0.05, 0.1) is 12.1 Å². The Bertz CT molecular complexity index is 497. The van der Waals surface area contributed by atoms with E-state index in [9.17, 15) is 4.79 Å². The van der Waals surface area contributed by atoms with Gasteiger partial charge in [-0.25, -0.2) is 4.79 Å². The second-order valence-electron chi connectivity index (χ2n) is 6.08. The van der Waals surface area contributed by atoms with Gasteiger partial charge in [0.2, 0.25) is 0 Å². The van der Waals surface area contributed by atoms with Crippen LogP contribution in [-0.4, -0.2) is 24.8 Å². The van der Waals surface area contributed by atoms with Crippen molar-refractivity contribution >= 4 is 11.7 Å². The van der Waals surface area contributed by atoms with E-state index < -0.39 is 0 Å². The molecule has 4 N–H and O–H groups in total. The van der Waals surface area contributed by atoms with Gasteiger partial charge in [0.15, 0.2) is 0 Å². The molecule has 0 aromatic heterocycles. The van der Waals surface area contributed by atoms with Crippen LogP contribution >= 0.6 is 0 Å². The Morgan fingerprint density at radius 3 is 2.62 bits per heavy atom. The molecular weight excluding hydrogens is 266 g/mol. The molecule has 1 saturated heterocycles. The highest BCUT2D eigenvalue weighted by molar-refractivity contribution is 5.89. The first-order valence-electron chi connectivity index (χ1n) is 7.68. The van der Waals surface area contributed by atoms with Crippen molar-refractivity contribution in [2.75, 3.05) is 11.9 Å². The van der Waals surface area contributed by atoms with E-state index >= 15 is 0 Å². The molecule has 2 aliphatic rings. The first kappa shape index (κ1) is 14.4. The molecule has 2 fully saturated rings. The van der Waals surface area contributed by atoms with Crippen LogP contribution in [-0.2, 0) is 4.74 Å². The number of amides is 2. The fraction of sp³-hybridized carbons (Fsp3) is 0.562. The number of ether oxygens (including phenoxy) is 1. The van der Waals surface area contributed by atoms with Crippen molar-refractivity contribution < 1.29 is 9.53 Å². The Balaban J connectivity index is 1.53. The van der Waals surface area contributed by atoms with Crippen molar-refractivity contribution in [3.63, 3.8) is 0 Å². The fourth-order valence-corrected chi connectivity index (χ4v) is 2.86. The maximum absolute atomic E-state index is 12.1. The van der Waals surface area contributed by atoms with Gasteiger partial charge in [-0.1, -0.05) is 12.1 Å². The summed E-state index contributed by atoms with van der Waals surface area (Å²) >= 11 is 0. The zero-order chi connectivity index (χ0) is 14.8. The Morgan fingerprint density at radius 2 is 2.00 bits per heavy atom. The summed E-state index contributed by atoms with van der Waals surface area (Å²) < 4.78 is 5.73. The second kappa shape index (κ2) is 6.03. The van der Waals surface area contributed by atoms with Gasteiger partial charge in [0, 0.05) is 18.3 Å². The van der Waals surface area contributed by atoms with Gasteiger partial charge in [0.1, 0.15) is 0 Å². The van der Waals surface area contributed by atoms with E-state index in [1.165, 1.54) is 12.8 Å². The third kappa shape index (κ3) is 3.54. The SMILES string of the molecule is CC(N)c1ccc(NC(=O)NC2CCOC2C2CC2)cc1. The van der Waals surface area contributed by atoms with Crippen molar-refractivity contribution in [1.82, 2.24) is 5.32 Å². The molecule has 2 amide bonds. The van der Waals surface area contributed by atoms with E-state index in [0.717, 1.165) is 24.3 Å². The van der Waals surface area contributed by atoms with Crippen molar-refractivity contribution in [3.05, 3.63) is 29.8 Å². The highest BCUT2D eigenvalue weighted by atomic mass is 16.5. The summed E-state index contributed by atoms with van der Waals surface area (Å²) in [7, 11) is 0. The molecule has 3 rings (SSSR count). The molecule has 1 saturated carbocycles. The normalized spacial score (nSPS) is 26.4. The number of nitrogens with one attached hydrogen (secondary N) is 2. The van der Waals surface area contributed by atoms with E-state index in [0.29, 0.717) is 5.92 Å². The predicted molar refractivity (Wildman–Crippen MR) is 82.1 cm³/mol. The Morgan fingerprint density at radius 1 is 1.29 bits per heavy atom. The van der Waals surface area contributed by atoms with Crippen LogP contribution in [0.25, 0.3) is 0 Å². The summed E-state index contributed by atoms with van der Waals surface area (Å²) in [6, 6.07) is 7.61. The van der Waals surface area contributed by atoms with Crippen LogP contribution in [0.3, 0.4) is 0 Å². The lowest BCUT2D eigenvalue weighted by Gasteiger charge is -2.19. The van der Waals surface area contributed by atoms with Gasteiger partial charge < -0.3 is 21.1 Å². The summed E-state index contributed by atoms with van der Waals surface area (Å²) in [5.74, 6) is 0.642. The predicted octanol–water partition coefficient (Wildman–Crippen LogP) is 2.40. The number of anilines is 1. The van der Waals surface area contributed by atoms with Crippen molar-refractivity contribution in [2.24, 2.45) is 11.7 Å². The van der Waals surface area contributed by atoms with Gasteiger partial charge in [-0.3, -0.25) is 0 Å². The molecule has 1 aromatic rings. The third-order valence-corrected chi connectivity index (χ3v) is 4.23. The number of hydrogen-bond donors (Lipinski definition) is 3. The van der Waals surface area contributed by atoms with E-state index in [1.807, 2.05) is 31.2 Å². The summed E-state index contributed by atoms with van der Waals surface area (Å²) in [6.07, 6.45) is 3.56. The van der Waals surface area contributed by atoms with Gasteiger partial charge in [-0.15, -0.1) is 0 Å². The molecule has 0 bridgehead atoms. The first-order valence-corrected chi connectivity index (χ1v) is 7.68. The molecule has 1 aromatic carbocycles. The van der Waals surface area contributed by atoms with E-state index in [1.54, 1.807) is 0 Å². The summed E-state index contributed by atoms with van der Waals surface area (Å²) in [4.78, 5) is 12.1. The molecule has 5 nitrogen and oxygen atoms in total. The van der Waals surface area contributed by atoms with Crippen LogP contribution in [0.2, 0.25) is 0 Å². The number of urea groups is 1. The zero-order valence-electron chi connectivity index (χ0n) is 12.3. The minimum atomic E-state index is -0.162. The smallest absolute Gasteiger partial charge is 0.319 e. The Labute approximate surface area is 125 Å². The minimum absolute atomic E-state index is 0.00261. The van der Waals surface area contributed by atoms with E-state index in [2.05, 4.69) is 10.6 Å². The number of hydrogen-bond acceptors (Lipinski definition) is 3. The van der Waals surface area contributed by atoms with Crippen LogP contribution < -0.4 is 16.4 Å². The lowest BCUT2D eigenvalue weighted by atomic mass is 10.1. The van der Waals surface area contributed by atoms with Crippen LogP contribution in [0.1, 0.15) is 37.8 Å². The highest BCUT2D eigenvalue weighted by Gasteiger charge is 2.41. The molecule has 0 spiro atoms. The first-order chi connectivity index (χ1) is 10.1. The summed E-state index contributed by atoms with van der Waals surface area (Å²) in [5.41, 5.74) is 7.64. The van der Waals surface area contributed by atoms with Gasteiger partial charge >= 0.3 is 6.03 Å². The average Bonchev–Trinajstić information content (AvgIpc) is 3.20. The maximum atomic E-state index is 12.1. The molecule has 1 heterocycles. The molecule has 1 aliphatic carbocycles. The molecule has 3 atom stereocenters. The lowest BCUT2D eigenvalue weighted by molar-refractivity contribution is 0.0829. The fourth-order valence-electron chi connectivity index (χ4n) is 2.86. The quantitative estimate of drug-likeness (QED) is 0.796. The summed E-state index contributed by atoms with van der Waals surface area (Å²) in [5, 5.41) is 5.90. The van der Waals surface area contributed by atoms with Gasteiger partial charge in [-0.05, 0) is 49.8 Å². The van der Waals surface area contributed by atoms with Crippen LogP contribution in [0.15, 0.2) is 24.3 Å². The van der Waals surface area contributed by atoms with Crippen molar-refractivity contribution in [1.29, 1.82) is 0 Å². The number of carbonyl (C=O) groups is 1. The van der Waals surface area contributed by atoms with E-state index in [-0.39, 0.29) is 24.2 Å². The van der Waals surface area contributed by atoms with E-state index in [4.69, 9.17) is 10.5 Å². The summed E-state index contributed by atoms with van der Waals surface area (Å²) in [6.45, 7) is 2.68. The van der Waals surface area contributed by atoms with Gasteiger partial charge in [0.25, 0.3) is 0 Å². The Kier molecular flexibility index (Phi) is 4.12. The highest BCUT2D eigenvalue weighted by Crippen LogP contribution is 2.38. The molecular formula is C16H23N3O2. The zero-order valence-corrected chi connectivity index (χ0v) is 12.3. The molecule has 5 heteroatoms. The van der Waals surface area contributed by atoms with Crippen LogP contribution in [0.5, 0.6) is 0 Å². The Hall–Kier alpha value is -1.59. The van der Waals surface area contributed by atoms with Gasteiger partial charge in [-0.2, -0.15) is 0 Å². The number of rotatable bonds is 4. The lowest BCUT2D eigenvalue weighted by Crippen LogP contribution is -2.43. The monoisotopic (exact) mass is 289 g/mol. The largest absolute Gasteiger partial charge is 0.376 e. The standard InChI is InChI=1S/C16H23N3O2/c1-10(17)11-4-6-13(7-5-11)18-16(20)19-14-8-9-21-15(14)12-2-3-12/h4-7,10,12,14-15H,2-3,8-9,17H2,1H3,(H2,18,19,20). The molecule has 1 aliphatic heterocycles. The molecule has 114 valence electrons.